The lowest BCUT2D eigenvalue weighted by atomic mass is 10.0. The van der Waals surface area contributed by atoms with E-state index in [0.717, 1.165) is 161 Å². The fourth-order valence-corrected chi connectivity index (χ4v) is 8.97. The minimum absolute atomic E-state index is 0.102. The zero-order chi connectivity index (χ0) is 59.9. The highest BCUT2D eigenvalue weighted by molar-refractivity contribution is 5.71. The predicted molar refractivity (Wildman–Crippen MR) is 362 cm³/mol. The molecule has 1 unspecified atom stereocenters. The van der Waals surface area contributed by atoms with Gasteiger partial charge in [0, 0.05) is 19.3 Å². The Bertz CT molecular complexity index is 1840. The molecule has 0 aliphatic heterocycles. The monoisotopic (exact) mass is 1140 g/mol. The molecule has 0 bridgehead atoms. The first-order valence-corrected chi connectivity index (χ1v) is 34.0. The average Bonchev–Trinajstić information content (AvgIpc) is 3.49. The van der Waals surface area contributed by atoms with E-state index in [1.807, 2.05) is 0 Å². The van der Waals surface area contributed by atoms with Gasteiger partial charge in [0.1, 0.15) is 13.2 Å². The molecular weight excluding hydrogens is 1020 g/mol. The summed E-state index contributed by atoms with van der Waals surface area (Å²) in [6.45, 7) is 6.35. The van der Waals surface area contributed by atoms with Crippen LogP contribution in [0.15, 0.2) is 158 Å². The van der Waals surface area contributed by atoms with E-state index in [0.29, 0.717) is 12.8 Å². The Hall–Kier alpha value is -4.97. The van der Waals surface area contributed by atoms with E-state index < -0.39 is 6.10 Å². The Morgan fingerprint density at radius 1 is 0.253 bits per heavy atom. The van der Waals surface area contributed by atoms with Gasteiger partial charge in [0.15, 0.2) is 6.10 Å². The molecule has 0 saturated carbocycles. The molecule has 6 nitrogen and oxygen atoms in total. The van der Waals surface area contributed by atoms with Crippen LogP contribution in [0.3, 0.4) is 0 Å². The molecule has 0 amide bonds. The van der Waals surface area contributed by atoms with Gasteiger partial charge in [-0.2, -0.15) is 0 Å². The van der Waals surface area contributed by atoms with Crippen molar-refractivity contribution in [3.63, 3.8) is 0 Å². The van der Waals surface area contributed by atoms with Gasteiger partial charge >= 0.3 is 17.9 Å². The van der Waals surface area contributed by atoms with Crippen LogP contribution in [0.4, 0.5) is 0 Å². The molecule has 0 saturated heterocycles. The maximum absolute atomic E-state index is 12.9. The summed E-state index contributed by atoms with van der Waals surface area (Å²) in [5.41, 5.74) is 0. The third-order valence-electron chi connectivity index (χ3n) is 14.0. The Morgan fingerprint density at radius 3 is 0.747 bits per heavy atom. The zero-order valence-corrected chi connectivity index (χ0v) is 53.7. The standard InChI is InChI=1S/C77H124O6/c1-4-7-10-13-16-19-22-25-28-30-32-33-34-35-36-37-38-39-40-41-42-43-45-46-49-52-55-58-61-64-67-70-76(79)82-73-74(72-81-75(78)69-66-63-60-57-54-51-48-27-24-21-18-15-12-9-6-3)83-77(80)71-68-65-62-59-56-53-50-47-44-31-29-26-23-20-17-14-11-8-5-2/h7-8,10-11,16-21,25-29,32-33,35-36,38-39,44,47-48,53,56,74H,4-6,9,12-15,22-24,30-31,34,37,40-43,45-46,49-52,54-55,57-73H2,1-3H3/b10-7-,11-8-,19-16-,20-17-,21-18-,28-25-,29-26-,33-32-,36-35-,39-38-,47-44-,48-27-,56-53-. The van der Waals surface area contributed by atoms with E-state index in [9.17, 15) is 14.4 Å². The van der Waals surface area contributed by atoms with Crippen molar-refractivity contribution in [1.29, 1.82) is 0 Å². The number of carbonyl (C=O) groups is 3. The molecule has 83 heavy (non-hydrogen) atoms. The van der Waals surface area contributed by atoms with Crippen molar-refractivity contribution in [2.75, 3.05) is 13.2 Å². The summed E-state index contributed by atoms with van der Waals surface area (Å²) < 4.78 is 16.9. The first kappa shape index (κ1) is 78.0. The quantitative estimate of drug-likeness (QED) is 0.0261. The van der Waals surface area contributed by atoms with E-state index >= 15 is 0 Å². The van der Waals surface area contributed by atoms with Gasteiger partial charge < -0.3 is 14.2 Å². The molecule has 0 heterocycles. The van der Waals surface area contributed by atoms with Crippen molar-refractivity contribution in [2.45, 2.75) is 297 Å². The van der Waals surface area contributed by atoms with Crippen molar-refractivity contribution in [3.8, 4) is 0 Å². The second kappa shape index (κ2) is 69.5. The van der Waals surface area contributed by atoms with E-state index in [1.54, 1.807) is 0 Å². The van der Waals surface area contributed by atoms with Gasteiger partial charge in [0.2, 0.25) is 0 Å². The lowest BCUT2D eigenvalue weighted by Crippen LogP contribution is -2.30. The van der Waals surface area contributed by atoms with E-state index in [-0.39, 0.29) is 37.5 Å². The van der Waals surface area contributed by atoms with Crippen LogP contribution in [0.5, 0.6) is 0 Å². The minimum Gasteiger partial charge on any atom is -0.462 e. The molecule has 1 atom stereocenters. The summed E-state index contributed by atoms with van der Waals surface area (Å²) in [6.07, 6.45) is 101. The van der Waals surface area contributed by atoms with Crippen LogP contribution in [0.2, 0.25) is 0 Å². The molecular formula is C77H124O6. The fraction of sp³-hybridized carbons (Fsp3) is 0.623. The largest absolute Gasteiger partial charge is 0.462 e. The smallest absolute Gasteiger partial charge is 0.306 e. The van der Waals surface area contributed by atoms with Crippen LogP contribution in [0, 0.1) is 0 Å². The van der Waals surface area contributed by atoms with Crippen molar-refractivity contribution in [3.05, 3.63) is 158 Å². The zero-order valence-electron chi connectivity index (χ0n) is 53.7. The molecule has 468 valence electrons. The summed E-state index contributed by atoms with van der Waals surface area (Å²) in [4.78, 5) is 38.4. The van der Waals surface area contributed by atoms with Crippen LogP contribution in [0.25, 0.3) is 0 Å². The van der Waals surface area contributed by atoms with Crippen LogP contribution in [-0.4, -0.2) is 37.2 Å². The fourth-order valence-electron chi connectivity index (χ4n) is 8.97. The molecule has 0 aromatic carbocycles. The number of unbranched alkanes of at least 4 members (excludes halogenated alkanes) is 23. The number of esters is 3. The maximum Gasteiger partial charge on any atom is 0.306 e. The van der Waals surface area contributed by atoms with Crippen LogP contribution in [0.1, 0.15) is 290 Å². The van der Waals surface area contributed by atoms with Crippen molar-refractivity contribution < 1.29 is 28.6 Å². The normalized spacial score (nSPS) is 13.1. The molecule has 0 spiro atoms. The minimum atomic E-state index is -0.811. The summed E-state index contributed by atoms with van der Waals surface area (Å²) in [5, 5.41) is 0. The number of carbonyl (C=O) groups excluding carboxylic acids is 3. The van der Waals surface area contributed by atoms with Gasteiger partial charge in [0.25, 0.3) is 0 Å². The summed E-state index contributed by atoms with van der Waals surface area (Å²) in [7, 11) is 0. The molecule has 0 aromatic heterocycles. The van der Waals surface area contributed by atoms with Gasteiger partial charge in [-0.15, -0.1) is 0 Å². The summed E-state index contributed by atoms with van der Waals surface area (Å²) in [6, 6.07) is 0. The predicted octanol–water partition coefficient (Wildman–Crippen LogP) is 23.7. The molecule has 0 aliphatic carbocycles. The second-order valence-corrected chi connectivity index (χ2v) is 22.0. The van der Waals surface area contributed by atoms with Gasteiger partial charge in [0.05, 0.1) is 0 Å². The Morgan fingerprint density at radius 2 is 0.470 bits per heavy atom. The Labute approximate surface area is 511 Å². The highest BCUT2D eigenvalue weighted by Crippen LogP contribution is 2.15. The van der Waals surface area contributed by atoms with Crippen LogP contribution in [-0.2, 0) is 28.6 Å². The van der Waals surface area contributed by atoms with Crippen LogP contribution >= 0.6 is 0 Å². The first-order chi connectivity index (χ1) is 41.0. The van der Waals surface area contributed by atoms with Gasteiger partial charge in [-0.05, 0) is 148 Å². The number of hydrogen-bond donors (Lipinski definition) is 0. The second-order valence-electron chi connectivity index (χ2n) is 22.0. The lowest BCUT2D eigenvalue weighted by Gasteiger charge is -2.18. The molecule has 0 fully saturated rings. The van der Waals surface area contributed by atoms with Crippen molar-refractivity contribution >= 4 is 17.9 Å². The molecule has 0 aromatic rings. The van der Waals surface area contributed by atoms with Crippen molar-refractivity contribution in [2.24, 2.45) is 0 Å². The van der Waals surface area contributed by atoms with Crippen LogP contribution < -0.4 is 0 Å². The topological polar surface area (TPSA) is 78.9 Å². The third-order valence-corrected chi connectivity index (χ3v) is 14.0. The highest BCUT2D eigenvalue weighted by atomic mass is 16.6. The molecule has 0 aliphatic rings. The Kier molecular flexibility index (Phi) is 65.4. The highest BCUT2D eigenvalue weighted by Gasteiger charge is 2.19. The maximum atomic E-state index is 12.9. The Balaban J connectivity index is 4.37. The number of ether oxygens (including phenoxy) is 3. The van der Waals surface area contributed by atoms with Gasteiger partial charge in [-0.25, -0.2) is 0 Å². The lowest BCUT2D eigenvalue weighted by molar-refractivity contribution is -0.167. The summed E-state index contributed by atoms with van der Waals surface area (Å²) >= 11 is 0. The number of rotatable bonds is 60. The third kappa shape index (κ3) is 67.7. The van der Waals surface area contributed by atoms with Crippen molar-refractivity contribution in [1.82, 2.24) is 0 Å². The first-order valence-electron chi connectivity index (χ1n) is 34.0. The van der Waals surface area contributed by atoms with E-state index in [2.05, 4.69) is 179 Å². The molecule has 0 radical (unpaired) electrons. The van der Waals surface area contributed by atoms with E-state index in [1.165, 1.54) is 89.9 Å². The SMILES string of the molecule is CC/C=C\C/C=C\C/C=C\C/C=C\C/C=C\C/C=C\CCCCCCCCCCCCCCC(=O)OCC(COC(=O)CCCCCCC/C=C\C/C=C\CCCCC)OC(=O)CCCCC/C=C\C/C=C\C/C=C\C/C=C\C/C=C\CC. The summed E-state index contributed by atoms with van der Waals surface area (Å²) in [5.74, 6) is -0.949. The van der Waals surface area contributed by atoms with Gasteiger partial charge in [-0.1, -0.05) is 281 Å². The van der Waals surface area contributed by atoms with Gasteiger partial charge in [-0.3, -0.25) is 14.4 Å². The number of allylic oxidation sites excluding steroid dienone is 26. The number of hydrogen-bond acceptors (Lipinski definition) is 6. The molecule has 0 rings (SSSR count). The molecule has 0 N–H and O–H groups in total. The van der Waals surface area contributed by atoms with E-state index in [4.69, 9.17) is 14.2 Å². The average molecular weight is 1150 g/mol. The molecule has 6 heteroatoms.